The summed E-state index contributed by atoms with van der Waals surface area (Å²) >= 11 is 0. The van der Waals surface area contributed by atoms with Crippen LogP contribution in [-0.2, 0) is 4.74 Å². The minimum Gasteiger partial charge on any atom is -0.491 e. The molecule has 5 heteroatoms. The second-order valence-electron chi connectivity index (χ2n) is 6.03. The van der Waals surface area contributed by atoms with Crippen molar-refractivity contribution in [3.05, 3.63) is 29.8 Å². The lowest BCUT2D eigenvalue weighted by Gasteiger charge is -2.34. The van der Waals surface area contributed by atoms with Crippen LogP contribution in [0, 0.1) is 0 Å². The van der Waals surface area contributed by atoms with Gasteiger partial charge >= 0.3 is 0 Å². The molecule has 5 nitrogen and oxygen atoms in total. The topological polar surface area (TPSA) is 50.8 Å². The van der Waals surface area contributed by atoms with Gasteiger partial charge in [0.1, 0.15) is 12.4 Å². The van der Waals surface area contributed by atoms with Crippen molar-refractivity contribution >= 4 is 5.91 Å². The highest BCUT2D eigenvalue weighted by atomic mass is 16.5. The molecule has 2 atom stereocenters. The van der Waals surface area contributed by atoms with E-state index in [-0.39, 0.29) is 18.1 Å². The number of carbonyl (C=O) groups is 1. The number of nitrogens with zero attached hydrogens (tertiary/aromatic N) is 1. The molecular formula is C17H24N2O3. The number of benzene rings is 1. The fourth-order valence-corrected chi connectivity index (χ4v) is 2.99. The Labute approximate surface area is 131 Å². The Hall–Kier alpha value is -1.59. The molecule has 2 aliphatic rings. The third-order valence-corrected chi connectivity index (χ3v) is 4.30. The molecule has 0 unspecified atom stereocenters. The molecule has 1 aromatic carbocycles. The van der Waals surface area contributed by atoms with Gasteiger partial charge in [0.05, 0.1) is 6.10 Å². The van der Waals surface area contributed by atoms with Gasteiger partial charge < -0.3 is 19.7 Å². The third-order valence-electron chi connectivity index (χ3n) is 4.30. The quantitative estimate of drug-likeness (QED) is 0.919. The average molecular weight is 304 g/mol. The molecule has 2 heterocycles. The van der Waals surface area contributed by atoms with Crippen molar-refractivity contribution in [1.29, 1.82) is 0 Å². The van der Waals surface area contributed by atoms with Gasteiger partial charge in [-0.3, -0.25) is 4.79 Å². The van der Waals surface area contributed by atoms with E-state index in [9.17, 15) is 4.79 Å². The second-order valence-corrected chi connectivity index (χ2v) is 6.03. The SMILES string of the molecule is C[C@H]1CNCCN1C(=O)c1cccc(OC[C@H]2CCCO2)c1. The van der Waals surface area contributed by atoms with E-state index in [1.165, 1.54) is 0 Å². The van der Waals surface area contributed by atoms with Crippen molar-refractivity contribution in [2.24, 2.45) is 0 Å². The molecule has 0 radical (unpaired) electrons. The number of amides is 1. The van der Waals surface area contributed by atoms with Crippen LogP contribution in [0.5, 0.6) is 5.75 Å². The molecule has 120 valence electrons. The monoisotopic (exact) mass is 304 g/mol. The van der Waals surface area contributed by atoms with Gasteiger partial charge in [0.25, 0.3) is 5.91 Å². The maximum absolute atomic E-state index is 12.6. The van der Waals surface area contributed by atoms with Crippen LogP contribution in [0.2, 0.25) is 0 Å². The Morgan fingerprint density at radius 2 is 2.41 bits per heavy atom. The Bertz CT molecular complexity index is 514. The fourth-order valence-electron chi connectivity index (χ4n) is 2.99. The Morgan fingerprint density at radius 3 is 3.18 bits per heavy atom. The largest absolute Gasteiger partial charge is 0.491 e. The summed E-state index contributed by atoms with van der Waals surface area (Å²) in [6.07, 6.45) is 2.34. The Morgan fingerprint density at radius 1 is 1.50 bits per heavy atom. The molecule has 1 N–H and O–H groups in total. The second kappa shape index (κ2) is 7.11. The first kappa shape index (κ1) is 15.3. The van der Waals surface area contributed by atoms with E-state index < -0.39 is 0 Å². The average Bonchev–Trinajstić information content (AvgIpc) is 3.06. The predicted octanol–water partition coefficient (Wildman–Crippen LogP) is 1.68. The highest BCUT2D eigenvalue weighted by Gasteiger charge is 2.24. The summed E-state index contributed by atoms with van der Waals surface area (Å²) in [6, 6.07) is 7.69. The van der Waals surface area contributed by atoms with E-state index >= 15 is 0 Å². The molecule has 0 bridgehead atoms. The lowest BCUT2D eigenvalue weighted by Crippen LogP contribution is -2.52. The first-order chi connectivity index (χ1) is 10.7. The van der Waals surface area contributed by atoms with Crippen LogP contribution in [-0.4, -0.2) is 55.8 Å². The first-order valence-corrected chi connectivity index (χ1v) is 8.10. The summed E-state index contributed by atoms with van der Waals surface area (Å²) in [4.78, 5) is 14.6. The summed E-state index contributed by atoms with van der Waals surface area (Å²) in [5.41, 5.74) is 0.693. The molecular weight excluding hydrogens is 280 g/mol. The van der Waals surface area contributed by atoms with Gasteiger partial charge in [-0.1, -0.05) is 6.07 Å². The van der Waals surface area contributed by atoms with Crippen molar-refractivity contribution < 1.29 is 14.3 Å². The van der Waals surface area contributed by atoms with Gasteiger partial charge in [0.15, 0.2) is 0 Å². The molecule has 0 aliphatic carbocycles. The van der Waals surface area contributed by atoms with Crippen LogP contribution in [0.3, 0.4) is 0 Å². The molecule has 3 rings (SSSR count). The maximum Gasteiger partial charge on any atom is 0.254 e. The summed E-state index contributed by atoms with van der Waals surface area (Å²) < 4.78 is 11.3. The molecule has 2 fully saturated rings. The third kappa shape index (κ3) is 3.59. The fraction of sp³-hybridized carbons (Fsp3) is 0.588. The number of nitrogens with one attached hydrogen (secondary N) is 1. The Kier molecular flexibility index (Phi) is 4.95. The molecule has 2 saturated heterocycles. The number of rotatable bonds is 4. The predicted molar refractivity (Wildman–Crippen MR) is 84.3 cm³/mol. The van der Waals surface area contributed by atoms with Crippen LogP contribution in [0.1, 0.15) is 30.1 Å². The zero-order valence-electron chi connectivity index (χ0n) is 13.1. The number of hydrogen-bond acceptors (Lipinski definition) is 4. The summed E-state index contributed by atoms with van der Waals surface area (Å²) in [5.74, 6) is 0.820. The van der Waals surface area contributed by atoms with Crippen molar-refractivity contribution in [3.63, 3.8) is 0 Å². The van der Waals surface area contributed by atoms with E-state index in [1.54, 1.807) is 0 Å². The molecule has 1 aromatic rings. The minimum atomic E-state index is 0.0802. The lowest BCUT2D eigenvalue weighted by atomic mass is 10.1. The van der Waals surface area contributed by atoms with Gasteiger partial charge in [-0.15, -0.1) is 0 Å². The van der Waals surface area contributed by atoms with Gasteiger partial charge in [0, 0.05) is 37.8 Å². The van der Waals surface area contributed by atoms with E-state index in [0.717, 1.165) is 44.8 Å². The van der Waals surface area contributed by atoms with Crippen molar-refractivity contribution in [2.75, 3.05) is 32.8 Å². The van der Waals surface area contributed by atoms with Crippen LogP contribution in [0.4, 0.5) is 0 Å². The first-order valence-electron chi connectivity index (χ1n) is 8.10. The van der Waals surface area contributed by atoms with Crippen LogP contribution in [0.25, 0.3) is 0 Å². The van der Waals surface area contributed by atoms with Crippen molar-refractivity contribution in [2.45, 2.75) is 31.9 Å². The lowest BCUT2D eigenvalue weighted by molar-refractivity contribution is 0.0649. The zero-order chi connectivity index (χ0) is 15.4. The smallest absolute Gasteiger partial charge is 0.254 e. The summed E-state index contributed by atoms with van der Waals surface area (Å²) in [6.45, 7) is 5.91. The molecule has 0 aromatic heterocycles. The van der Waals surface area contributed by atoms with E-state index in [1.807, 2.05) is 29.2 Å². The number of hydrogen-bond donors (Lipinski definition) is 1. The number of piperazine rings is 1. The number of carbonyl (C=O) groups excluding carboxylic acids is 1. The summed E-state index contributed by atoms with van der Waals surface area (Å²) in [5, 5.41) is 3.30. The molecule has 1 amide bonds. The normalized spacial score (nSPS) is 25.2. The summed E-state index contributed by atoms with van der Waals surface area (Å²) in [7, 11) is 0. The van der Waals surface area contributed by atoms with Crippen molar-refractivity contribution in [1.82, 2.24) is 10.2 Å². The molecule has 22 heavy (non-hydrogen) atoms. The van der Waals surface area contributed by atoms with Crippen LogP contribution < -0.4 is 10.1 Å². The highest BCUT2D eigenvalue weighted by molar-refractivity contribution is 5.94. The van der Waals surface area contributed by atoms with Gasteiger partial charge in [-0.05, 0) is 38.0 Å². The van der Waals surface area contributed by atoms with E-state index in [2.05, 4.69) is 12.2 Å². The Balaban J connectivity index is 1.63. The standard InChI is InChI=1S/C17H24N2O3/c1-13-11-18-7-8-19(13)17(20)14-4-2-5-15(10-14)22-12-16-6-3-9-21-16/h2,4-5,10,13,16,18H,3,6-9,11-12H2,1H3/t13-,16+/m0/s1. The van der Waals surface area contributed by atoms with Gasteiger partial charge in [0.2, 0.25) is 0 Å². The maximum atomic E-state index is 12.6. The zero-order valence-corrected chi connectivity index (χ0v) is 13.1. The van der Waals surface area contributed by atoms with Gasteiger partial charge in [-0.25, -0.2) is 0 Å². The minimum absolute atomic E-state index is 0.0802. The molecule has 0 spiro atoms. The van der Waals surface area contributed by atoms with Gasteiger partial charge in [-0.2, -0.15) is 0 Å². The molecule has 2 aliphatic heterocycles. The van der Waals surface area contributed by atoms with Crippen molar-refractivity contribution in [3.8, 4) is 5.75 Å². The molecule has 0 saturated carbocycles. The van der Waals surface area contributed by atoms with E-state index in [0.29, 0.717) is 12.2 Å². The van der Waals surface area contributed by atoms with Crippen LogP contribution >= 0.6 is 0 Å². The van der Waals surface area contributed by atoms with E-state index in [4.69, 9.17) is 9.47 Å². The number of ether oxygens (including phenoxy) is 2. The van der Waals surface area contributed by atoms with Crippen LogP contribution in [0.15, 0.2) is 24.3 Å². The highest BCUT2D eigenvalue weighted by Crippen LogP contribution is 2.19.